The van der Waals surface area contributed by atoms with Crippen molar-refractivity contribution in [2.24, 2.45) is 0 Å². The second-order valence-electron chi connectivity index (χ2n) is 2.13. The van der Waals surface area contributed by atoms with Crippen LogP contribution < -0.4 is 0 Å². The number of phenolic OH excluding ortho intramolecular Hbond substituents is 1. The quantitative estimate of drug-likeness (QED) is 0.670. The summed E-state index contributed by atoms with van der Waals surface area (Å²) in [5.74, 6) is -2.90. The van der Waals surface area contributed by atoms with E-state index < -0.39 is 17.4 Å². The van der Waals surface area contributed by atoms with Crippen molar-refractivity contribution in [3.8, 4) is 5.75 Å². The van der Waals surface area contributed by atoms with Crippen LogP contribution in [-0.4, -0.2) is 5.11 Å². The molecule has 1 N–H and O–H groups in total. The minimum atomic E-state index is -1.20. The average Bonchev–Trinajstić information content (AvgIpc) is 1.97. The molecule has 0 aliphatic carbocycles. The van der Waals surface area contributed by atoms with Gasteiger partial charge < -0.3 is 5.11 Å². The van der Waals surface area contributed by atoms with Crippen LogP contribution in [0.15, 0.2) is 10.5 Å². The number of hydrogen-bond acceptors (Lipinski definition) is 1. The standard InChI is InChI=1S/C7H5BrF2O/c1-3-4(8)2-5(11)7(10)6(3)9/h2,11H,1H3. The highest BCUT2D eigenvalue weighted by Gasteiger charge is 2.12. The highest BCUT2D eigenvalue weighted by Crippen LogP contribution is 2.27. The Bertz CT molecular complexity index is 273. The summed E-state index contributed by atoms with van der Waals surface area (Å²) in [6.45, 7) is 1.42. The molecule has 0 bridgehead atoms. The smallest absolute Gasteiger partial charge is 0.200 e. The Morgan fingerprint density at radius 1 is 1.36 bits per heavy atom. The third-order valence-corrected chi connectivity index (χ3v) is 2.19. The zero-order valence-electron chi connectivity index (χ0n) is 5.66. The van der Waals surface area contributed by atoms with Crippen molar-refractivity contribution in [1.82, 2.24) is 0 Å². The zero-order chi connectivity index (χ0) is 8.59. The van der Waals surface area contributed by atoms with Gasteiger partial charge in [0.1, 0.15) is 0 Å². The third kappa shape index (κ3) is 1.35. The molecule has 0 fully saturated rings. The second kappa shape index (κ2) is 2.77. The van der Waals surface area contributed by atoms with Gasteiger partial charge in [0.25, 0.3) is 0 Å². The molecule has 1 aromatic carbocycles. The Kier molecular flexibility index (Phi) is 2.13. The van der Waals surface area contributed by atoms with Gasteiger partial charge in [-0.2, -0.15) is 4.39 Å². The average molecular weight is 223 g/mol. The number of phenols is 1. The maximum Gasteiger partial charge on any atom is 0.200 e. The number of halogens is 3. The molecule has 1 rings (SSSR count). The van der Waals surface area contributed by atoms with E-state index in [1.54, 1.807) is 0 Å². The van der Waals surface area contributed by atoms with Gasteiger partial charge >= 0.3 is 0 Å². The fourth-order valence-corrected chi connectivity index (χ4v) is 1.06. The Morgan fingerprint density at radius 3 is 2.45 bits per heavy atom. The van der Waals surface area contributed by atoms with E-state index >= 15 is 0 Å². The molecule has 1 aromatic rings. The van der Waals surface area contributed by atoms with E-state index in [2.05, 4.69) is 15.9 Å². The fraction of sp³-hybridized carbons (Fsp3) is 0.143. The summed E-state index contributed by atoms with van der Waals surface area (Å²) in [6.07, 6.45) is 0. The molecular weight excluding hydrogens is 218 g/mol. The fourth-order valence-electron chi connectivity index (χ4n) is 0.674. The third-order valence-electron chi connectivity index (χ3n) is 1.37. The zero-order valence-corrected chi connectivity index (χ0v) is 7.24. The topological polar surface area (TPSA) is 20.2 Å². The molecule has 0 radical (unpaired) electrons. The first kappa shape index (κ1) is 8.46. The van der Waals surface area contributed by atoms with Crippen molar-refractivity contribution in [1.29, 1.82) is 0 Å². The molecule has 0 saturated carbocycles. The summed E-state index contributed by atoms with van der Waals surface area (Å²) in [6, 6.07) is 1.12. The van der Waals surface area contributed by atoms with Gasteiger partial charge in [0.15, 0.2) is 11.6 Å². The SMILES string of the molecule is Cc1c(Br)cc(O)c(F)c1F. The van der Waals surface area contributed by atoms with E-state index in [9.17, 15) is 8.78 Å². The molecule has 0 aromatic heterocycles. The van der Waals surface area contributed by atoms with Gasteiger partial charge in [-0.25, -0.2) is 4.39 Å². The maximum atomic E-state index is 12.7. The molecular formula is C7H5BrF2O. The van der Waals surface area contributed by atoms with E-state index in [0.717, 1.165) is 6.07 Å². The summed E-state index contributed by atoms with van der Waals surface area (Å²) in [5, 5.41) is 8.76. The predicted molar refractivity (Wildman–Crippen MR) is 40.5 cm³/mol. The number of aromatic hydroxyl groups is 1. The van der Waals surface area contributed by atoms with Gasteiger partial charge in [0.05, 0.1) is 0 Å². The number of hydrogen-bond donors (Lipinski definition) is 1. The molecule has 11 heavy (non-hydrogen) atoms. The normalized spacial score (nSPS) is 10.2. The van der Waals surface area contributed by atoms with Crippen LogP contribution in [0.25, 0.3) is 0 Å². The van der Waals surface area contributed by atoms with Crippen LogP contribution in [0, 0.1) is 18.6 Å². The molecule has 60 valence electrons. The van der Waals surface area contributed by atoms with Crippen LogP contribution in [0.3, 0.4) is 0 Å². The molecule has 0 heterocycles. The molecule has 0 spiro atoms. The van der Waals surface area contributed by atoms with Crippen molar-refractivity contribution < 1.29 is 13.9 Å². The van der Waals surface area contributed by atoms with Crippen molar-refractivity contribution in [2.75, 3.05) is 0 Å². The van der Waals surface area contributed by atoms with Crippen molar-refractivity contribution in [3.05, 3.63) is 27.7 Å². The van der Waals surface area contributed by atoms with E-state index in [4.69, 9.17) is 5.11 Å². The predicted octanol–water partition coefficient (Wildman–Crippen LogP) is 2.74. The summed E-state index contributed by atoms with van der Waals surface area (Å²) in [7, 11) is 0. The van der Waals surface area contributed by atoms with Crippen LogP contribution in [0.2, 0.25) is 0 Å². The minimum Gasteiger partial charge on any atom is -0.505 e. The van der Waals surface area contributed by atoms with Gasteiger partial charge in [0.2, 0.25) is 5.82 Å². The second-order valence-corrected chi connectivity index (χ2v) is 2.98. The monoisotopic (exact) mass is 222 g/mol. The van der Waals surface area contributed by atoms with Crippen LogP contribution >= 0.6 is 15.9 Å². The lowest BCUT2D eigenvalue weighted by Gasteiger charge is -2.02. The molecule has 0 amide bonds. The lowest BCUT2D eigenvalue weighted by molar-refractivity contribution is 0.404. The summed E-state index contributed by atoms with van der Waals surface area (Å²) < 4.78 is 25.6. The molecule has 1 nitrogen and oxygen atoms in total. The lowest BCUT2D eigenvalue weighted by atomic mass is 10.2. The molecule has 4 heteroatoms. The Labute approximate surface area is 70.8 Å². The van der Waals surface area contributed by atoms with Crippen molar-refractivity contribution in [3.63, 3.8) is 0 Å². The van der Waals surface area contributed by atoms with Crippen molar-refractivity contribution in [2.45, 2.75) is 6.92 Å². The summed E-state index contributed by atoms with van der Waals surface area (Å²) in [4.78, 5) is 0. The Balaban J connectivity index is 3.46. The largest absolute Gasteiger partial charge is 0.505 e. The van der Waals surface area contributed by atoms with E-state index in [-0.39, 0.29) is 5.56 Å². The molecule has 0 aliphatic heterocycles. The number of rotatable bonds is 0. The van der Waals surface area contributed by atoms with Gasteiger partial charge in [-0.05, 0) is 13.0 Å². The molecule has 0 unspecified atom stereocenters. The number of benzene rings is 1. The Morgan fingerprint density at radius 2 is 1.91 bits per heavy atom. The van der Waals surface area contributed by atoms with E-state index in [1.807, 2.05) is 0 Å². The summed E-state index contributed by atoms with van der Waals surface area (Å²) in [5.41, 5.74) is 0.153. The highest BCUT2D eigenvalue weighted by molar-refractivity contribution is 9.10. The first-order chi connectivity index (χ1) is 5.04. The van der Waals surface area contributed by atoms with E-state index in [1.165, 1.54) is 6.92 Å². The summed E-state index contributed by atoms with van der Waals surface area (Å²) >= 11 is 2.96. The molecule has 0 saturated heterocycles. The minimum absolute atomic E-state index is 0.153. The first-order valence-corrected chi connectivity index (χ1v) is 3.66. The lowest BCUT2D eigenvalue weighted by Crippen LogP contribution is -1.90. The van der Waals surface area contributed by atoms with Gasteiger partial charge in [-0.1, -0.05) is 15.9 Å². The van der Waals surface area contributed by atoms with Crippen LogP contribution in [0.5, 0.6) is 5.75 Å². The van der Waals surface area contributed by atoms with Crippen LogP contribution in [0.4, 0.5) is 8.78 Å². The van der Waals surface area contributed by atoms with Gasteiger partial charge in [-0.15, -0.1) is 0 Å². The van der Waals surface area contributed by atoms with Crippen molar-refractivity contribution >= 4 is 15.9 Å². The van der Waals surface area contributed by atoms with Crippen LogP contribution in [0.1, 0.15) is 5.56 Å². The van der Waals surface area contributed by atoms with E-state index in [0.29, 0.717) is 4.47 Å². The van der Waals surface area contributed by atoms with Crippen LogP contribution in [-0.2, 0) is 0 Å². The molecule has 0 aliphatic rings. The maximum absolute atomic E-state index is 12.7. The highest BCUT2D eigenvalue weighted by atomic mass is 79.9. The Hall–Kier alpha value is -0.640. The molecule has 0 atom stereocenters. The van der Waals surface area contributed by atoms with Gasteiger partial charge in [0, 0.05) is 10.0 Å². The first-order valence-electron chi connectivity index (χ1n) is 2.87. The van der Waals surface area contributed by atoms with Gasteiger partial charge in [-0.3, -0.25) is 0 Å².